The molecule has 0 saturated heterocycles. The average Bonchev–Trinajstić information content (AvgIpc) is 2.70. The van der Waals surface area contributed by atoms with Gasteiger partial charge in [-0.1, -0.05) is 0 Å². The first-order chi connectivity index (χ1) is 8.95. The molecule has 0 fully saturated rings. The van der Waals surface area contributed by atoms with Crippen LogP contribution in [0, 0.1) is 12.7 Å². The van der Waals surface area contributed by atoms with Gasteiger partial charge in [0.25, 0.3) is 0 Å². The summed E-state index contributed by atoms with van der Waals surface area (Å²) in [6.45, 7) is 4.06. The van der Waals surface area contributed by atoms with Gasteiger partial charge in [-0.25, -0.2) is 9.18 Å². The molecule has 0 aliphatic carbocycles. The molecule has 1 aromatic carbocycles. The van der Waals surface area contributed by atoms with Crippen molar-refractivity contribution in [3.05, 3.63) is 39.7 Å². The number of benzene rings is 1. The van der Waals surface area contributed by atoms with Gasteiger partial charge >= 0.3 is 5.97 Å². The quantitative estimate of drug-likeness (QED) is 0.939. The fourth-order valence-corrected chi connectivity index (χ4v) is 2.56. The smallest absolute Gasteiger partial charge is 0.357 e. The van der Waals surface area contributed by atoms with Crippen LogP contribution in [0.1, 0.15) is 23.0 Å². The molecule has 0 atom stereocenters. The topological polar surface area (TPSA) is 55.1 Å². The van der Waals surface area contributed by atoms with Gasteiger partial charge in [-0.05, 0) is 53.5 Å². The fourth-order valence-electron chi connectivity index (χ4n) is 1.87. The van der Waals surface area contributed by atoms with Crippen molar-refractivity contribution in [2.75, 3.05) is 0 Å². The average molecular weight is 327 g/mol. The largest absolute Gasteiger partial charge is 0.476 e. The van der Waals surface area contributed by atoms with Crippen molar-refractivity contribution in [1.29, 1.82) is 0 Å². The van der Waals surface area contributed by atoms with Crippen LogP contribution < -0.4 is 0 Å². The highest BCUT2D eigenvalue weighted by Crippen LogP contribution is 2.32. The Morgan fingerprint density at radius 1 is 1.53 bits per heavy atom. The molecule has 0 aliphatic heterocycles. The maximum Gasteiger partial charge on any atom is 0.357 e. The summed E-state index contributed by atoms with van der Waals surface area (Å²) >= 11 is 3.27. The second-order valence-corrected chi connectivity index (χ2v) is 4.89. The second kappa shape index (κ2) is 5.13. The number of aromatic nitrogens is 2. The minimum absolute atomic E-state index is 0.0428. The number of aromatic carboxylic acids is 1. The molecule has 0 spiro atoms. The van der Waals surface area contributed by atoms with E-state index in [1.165, 1.54) is 6.07 Å². The highest BCUT2D eigenvalue weighted by Gasteiger charge is 2.21. The van der Waals surface area contributed by atoms with Crippen molar-refractivity contribution >= 4 is 21.9 Å². The minimum atomic E-state index is -1.10. The molecule has 100 valence electrons. The van der Waals surface area contributed by atoms with Gasteiger partial charge in [0.15, 0.2) is 5.69 Å². The van der Waals surface area contributed by atoms with Crippen LogP contribution in [0.25, 0.3) is 11.3 Å². The number of carboxylic acid groups (broad SMARTS) is 1. The van der Waals surface area contributed by atoms with Crippen molar-refractivity contribution in [2.24, 2.45) is 0 Å². The van der Waals surface area contributed by atoms with Gasteiger partial charge in [0.2, 0.25) is 0 Å². The molecular weight excluding hydrogens is 315 g/mol. The van der Waals surface area contributed by atoms with Gasteiger partial charge in [0.1, 0.15) is 5.82 Å². The fraction of sp³-hybridized carbons (Fsp3) is 0.231. The highest BCUT2D eigenvalue weighted by molar-refractivity contribution is 9.10. The van der Waals surface area contributed by atoms with Crippen LogP contribution >= 0.6 is 15.9 Å². The number of hydrogen-bond acceptors (Lipinski definition) is 2. The van der Waals surface area contributed by atoms with Gasteiger partial charge in [0, 0.05) is 12.1 Å². The molecule has 0 aliphatic rings. The first-order valence-corrected chi connectivity index (χ1v) is 6.51. The Kier molecular flexibility index (Phi) is 3.71. The minimum Gasteiger partial charge on any atom is -0.476 e. The standard InChI is InChI=1S/C13H12BrFN2O2/c1-3-17-12(10(14)11(16-17)13(18)19)8-4-5-9(15)7(2)6-8/h4-6H,3H2,1-2H3,(H,18,19). The molecule has 0 saturated carbocycles. The lowest BCUT2D eigenvalue weighted by Crippen LogP contribution is -2.02. The van der Waals surface area contributed by atoms with E-state index in [9.17, 15) is 9.18 Å². The number of halogens is 2. The molecule has 2 aromatic rings. The maximum atomic E-state index is 13.3. The normalized spacial score (nSPS) is 10.7. The summed E-state index contributed by atoms with van der Waals surface area (Å²) in [4.78, 5) is 11.1. The van der Waals surface area contributed by atoms with Gasteiger partial charge in [-0.15, -0.1) is 0 Å². The van der Waals surface area contributed by atoms with Crippen LogP contribution in [0.5, 0.6) is 0 Å². The van der Waals surface area contributed by atoms with Crippen molar-refractivity contribution in [3.8, 4) is 11.3 Å². The summed E-state index contributed by atoms with van der Waals surface area (Å²) in [5.41, 5.74) is 1.83. The summed E-state index contributed by atoms with van der Waals surface area (Å²) in [5, 5.41) is 13.1. The Balaban J connectivity index is 2.66. The molecule has 0 bridgehead atoms. The van der Waals surface area contributed by atoms with E-state index in [0.717, 1.165) is 5.56 Å². The van der Waals surface area contributed by atoms with Crippen LogP contribution in [0.3, 0.4) is 0 Å². The van der Waals surface area contributed by atoms with Crippen LogP contribution in [-0.2, 0) is 6.54 Å². The van der Waals surface area contributed by atoms with Crippen LogP contribution in [0.4, 0.5) is 4.39 Å². The van der Waals surface area contributed by atoms with Gasteiger partial charge in [-0.2, -0.15) is 5.10 Å². The summed E-state index contributed by atoms with van der Waals surface area (Å²) in [6, 6.07) is 4.65. The summed E-state index contributed by atoms with van der Waals surface area (Å²) in [7, 11) is 0. The number of carboxylic acids is 1. The van der Waals surface area contributed by atoms with E-state index in [2.05, 4.69) is 21.0 Å². The number of carbonyl (C=O) groups is 1. The molecule has 4 nitrogen and oxygen atoms in total. The maximum absolute atomic E-state index is 13.3. The van der Waals surface area contributed by atoms with Crippen LogP contribution in [0.15, 0.2) is 22.7 Å². The molecule has 19 heavy (non-hydrogen) atoms. The third-order valence-corrected chi connectivity index (χ3v) is 3.58. The van der Waals surface area contributed by atoms with Crippen LogP contribution in [0.2, 0.25) is 0 Å². The lowest BCUT2D eigenvalue weighted by molar-refractivity contribution is 0.0688. The zero-order valence-corrected chi connectivity index (χ0v) is 12.0. The van der Waals surface area contributed by atoms with E-state index < -0.39 is 5.97 Å². The predicted molar refractivity (Wildman–Crippen MR) is 72.7 cm³/mol. The Bertz CT molecular complexity index is 652. The third-order valence-electron chi connectivity index (χ3n) is 2.83. The lowest BCUT2D eigenvalue weighted by atomic mass is 10.1. The number of nitrogens with zero attached hydrogens (tertiary/aromatic N) is 2. The zero-order valence-electron chi connectivity index (χ0n) is 10.4. The summed E-state index contributed by atoms with van der Waals surface area (Å²) in [5.74, 6) is -1.39. The Morgan fingerprint density at radius 2 is 2.21 bits per heavy atom. The highest BCUT2D eigenvalue weighted by atomic mass is 79.9. The number of rotatable bonds is 3. The Labute approximate surface area is 118 Å². The summed E-state index contributed by atoms with van der Waals surface area (Å²) in [6.07, 6.45) is 0. The monoisotopic (exact) mass is 326 g/mol. The first kappa shape index (κ1) is 13.7. The molecule has 0 radical (unpaired) electrons. The van der Waals surface area contributed by atoms with E-state index in [1.54, 1.807) is 23.7 Å². The second-order valence-electron chi connectivity index (χ2n) is 4.10. The van der Waals surface area contributed by atoms with Crippen molar-refractivity contribution in [1.82, 2.24) is 9.78 Å². The molecule has 0 amide bonds. The molecule has 2 rings (SSSR count). The molecule has 1 heterocycles. The molecular formula is C13H12BrFN2O2. The number of hydrogen-bond donors (Lipinski definition) is 1. The van der Waals surface area contributed by atoms with Gasteiger partial charge in [0.05, 0.1) is 10.2 Å². The van der Waals surface area contributed by atoms with E-state index in [1.807, 2.05) is 6.92 Å². The van der Waals surface area contributed by atoms with Crippen LogP contribution in [-0.4, -0.2) is 20.9 Å². The van der Waals surface area contributed by atoms with Gasteiger partial charge < -0.3 is 5.11 Å². The van der Waals surface area contributed by atoms with Crippen molar-refractivity contribution < 1.29 is 14.3 Å². The number of aryl methyl sites for hydroxylation is 2. The third kappa shape index (κ3) is 2.40. The van der Waals surface area contributed by atoms with E-state index >= 15 is 0 Å². The SMILES string of the molecule is CCn1nc(C(=O)O)c(Br)c1-c1ccc(F)c(C)c1. The molecule has 0 unspecified atom stereocenters. The predicted octanol–water partition coefficient (Wildman–Crippen LogP) is 3.48. The van der Waals surface area contributed by atoms with E-state index in [0.29, 0.717) is 22.3 Å². The molecule has 1 N–H and O–H groups in total. The summed E-state index contributed by atoms with van der Waals surface area (Å²) < 4.78 is 15.3. The molecule has 1 aromatic heterocycles. The lowest BCUT2D eigenvalue weighted by Gasteiger charge is -2.07. The Morgan fingerprint density at radius 3 is 2.74 bits per heavy atom. The first-order valence-electron chi connectivity index (χ1n) is 5.71. The van der Waals surface area contributed by atoms with E-state index in [4.69, 9.17) is 5.11 Å². The Hall–Kier alpha value is -1.69. The van der Waals surface area contributed by atoms with Crippen molar-refractivity contribution in [2.45, 2.75) is 20.4 Å². The van der Waals surface area contributed by atoms with Gasteiger partial charge in [-0.3, -0.25) is 4.68 Å². The molecule has 6 heteroatoms. The van der Waals surface area contributed by atoms with E-state index in [-0.39, 0.29) is 11.5 Å². The zero-order chi connectivity index (χ0) is 14.2. The van der Waals surface area contributed by atoms with Crippen molar-refractivity contribution in [3.63, 3.8) is 0 Å².